The number of nitrogen functional groups attached to an aromatic ring is 1. The van der Waals surface area contributed by atoms with E-state index in [9.17, 15) is 9.90 Å². The minimum atomic E-state index is -0.972. The van der Waals surface area contributed by atoms with Gasteiger partial charge in [-0.05, 0) is 66.4 Å². The molecule has 0 radical (unpaired) electrons. The van der Waals surface area contributed by atoms with Crippen LogP contribution in [0.2, 0.25) is 10.0 Å². The number of amides is 1. The fourth-order valence-corrected chi connectivity index (χ4v) is 5.12. The van der Waals surface area contributed by atoms with Crippen LogP contribution in [-0.4, -0.2) is 53.6 Å². The normalized spacial score (nSPS) is 17.3. The number of carbonyl (C=O) groups is 1. The molecule has 1 fully saturated rings. The summed E-state index contributed by atoms with van der Waals surface area (Å²) in [4.78, 5) is 18.4. The zero-order chi connectivity index (χ0) is 25.2. The van der Waals surface area contributed by atoms with Gasteiger partial charge in [-0.3, -0.25) is 9.69 Å². The predicted molar refractivity (Wildman–Crippen MR) is 143 cm³/mol. The van der Waals surface area contributed by atoms with Gasteiger partial charge in [0.25, 0.3) is 0 Å². The molecule has 184 valence electrons. The summed E-state index contributed by atoms with van der Waals surface area (Å²) in [5, 5.41) is 11.3. The Morgan fingerprint density at radius 1 is 1.03 bits per heavy atom. The van der Waals surface area contributed by atoms with Gasteiger partial charge in [0.1, 0.15) is 0 Å². The molecule has 2 atom stereocenters. The molecule has 0 bridgehead atoms. The van der Waals surface area contributed by atoms with E-state index in [-0.39, 0.29) is 18.1 Å². The molecule has 5 nitrogen and oxygen atoms in total. The Morgan fingerprint density at radius 3 is 2.00 bits per heavy atom. The number of aliphatic hydroxyl groups excluding tert-OH is 1. The third-order valence-electron chi connectivity index (χ3n) is 7.06. The van der Waals surface area contributed by atoms with Crippen molar-refractivity contribution in [1.82, 2.24) is 9.80 Å². The van der Waals surface area contributed by atoms with Crippen molar-refractivity contribution in [3.8, 4) is 0 Å². The Hall–Kier alpha value is -2.57. The zero-order valence-corrected chi connectivity index (χ0v) is 21.5. The van der Waals surface area contributed by atoms with Gasteiger partial charge in [0, 0.05) is 42.4 Å². The first-order valence-electron chi connectivity index (χ1n) is 11.7. The van der Waals surface area contributed by atoms with E-state index in [1.807, 2.05) is 67.4 Å². The van der Waals surface area contributed by atoms with Gasteiger partial charge < -0.3 is 15.7 Å². The Labute approximate surface area is 217 Å². The van der Waals surface area contributed by atoms with Crippen LogP contribution in [0.1, 0.15) is 36.1 Å². The van der Waals surface area contributed by atoms with Gasteiger partial charge >= 0.3 is 0 Å². The lowest BCUT2D eigenvalue weighted by molar-refractivity contribution is -0.136. The molecule has 3 N–H and O–H groups in total. The number of rotatable bonds is 7. The fraction of sp³-hybridized carbons (Fsp3) is 0.321. The lowest BCUT2D eigenvalue weighted by Crippen LogP contribution is -2.48. The van der Waals surface area contributed by atoms with Crippen molar-refractivity contribution in [2.75, 3.05) is 32.4 Å². The molecule has 3 aromatic rings. The highest BCUT2D eigenvalue weighted by atomic mass is 35.5. The average Bonchev–Trinajstić information content (AvgIpc) is 3.27. The molecule has 4 rings (SSSR count). The first kappa shape index (κ1) is 25.5. The predicted octanol–water partition coefficient (Wildman–Crippen LogP) is 5.15. The molecule has 1 heterocycles. The van der Waals surface area contributed by atoms with Crippen molar-refractivity contribution >= 4 is 34.8 Å². The highest BCUT2D eigenvalue weighted by Crippen LogP contribution is 2.37. The summed E-state index contributed by atoms with van der Waals surface area (Å²) < 4.78 is 0. The maximum atomic E-state index is 14.4. The summed E-state index contributed by atoms with van der Waals surface area (Å²) in [5.74, 6) is -0.0521. The minimum Gasteiger partial charge on any atom is -0.399 e. The summed E-state index contributed by atoms with van der Waals surface area (Å²) in [6.45, 7) is 3.94. The van der Waals surface area contributed by atoms with E-state index in [0.29, 0.717) is 28.8 Å². The van der Waals surface area contributed by atoms with Gasteiger partial charge in [-0.2, -0.15) is 0 Å². The van der Waals surface area contributed by atoms with E-state index in [1.165, 1.54) is 0 Å². The maximum absolute atomic E-state index is 14.4. The molecule has 1 aliphatic heterocycles. The quantitative estimate of drug-likeness (QED) is 0.430. The SMILES string of the molecule is CN(C(=O)C(C)(c1ccc(Cl)cc1)c1ccc(Cl)cc1)[C@H](CN1CC[C@H](O)C1)c1ccc(N)cc1. The summed E-state index contributed by atoms with van der Waals surface area (Å²) >= 11 is 12.3. The van der Waals surface area contributed by atoms with Crippen molar-refractivity contribution in [3.63, 3.8) is 0 Å². The minimum absolute atomic E-state index is 0.0521. The number of nitrogens with two attached hydrogens (primary N) is 1. The van der Waals surface area contributed by atoms with Gasteiger partial charge in [-0.25, -0.2) is 0 Å². The molecule has 35 heavy (non-hydrogen) atoms. The molecule has 0 saturated carbocycles. The monoisotopic (exact) mass is 511 g/mol. The Bertz CT molecular complexity index is 1100. The van der Waals surface area contributed by atoms with E-state index in [0.717, 1.165) is 29.7 Å². The van der Waals surface area contributed by atoms with Gasteiger partial charge in [-0.15, -0.1) is 0 Å². The Balaban J connectivity index is 1.75. The van der Waals surface area contributed by atoms with Crippen LogP contribution in [-0.2, 0) is 10.2 Å². The van der Waals surface area contributed by atoms with E-state index in [1.54, 1.807) is 24.3 Å². The number of carbonyl (C=O) groups excluding carboxylic acids is 1. The number of likely N-dealkylation sites (tertiary alicyclic amines) is 1. The standard InChI is InChI=1S/C28H31Cl2N3O2/c1-28(20-5-9-22(29)10-6-20,21-7-11-23(30)12-8-21)27(35)32(2)26(18-33-16-15-25(34)17-33)19-3-13-24(31)14-4-19/h3-14,25-26,34H,15-18,31H2,1-2H3/t25-,26+/m0/s1. The second-order valence-electron chi connectivity index (χ2n) is 9.44. The molecule has 1 amide bonds. The van der Waals surface area contributed by atoms with Gasteiger partial charge in [0.15, 0.2) is 0 Å². The van der Waals surface area contributed by atoms with Gasteiger partial charge in [-0.1, -0.05) is 59.6 Å². The highest BCUT2D eigenvalue weighted by molar-refractivity contribution is 6.30. The molecule has 0 spiro atoms. The van der Waals surface area contributed by atoms with Crippen molar-refractivity contribution in [3.05, 3.63) is 99.5 Å². The number of aliphatic hydroxyl groups is 1. The van der Waals surface area contributed by atoms with Crippen LogP contribution in [0, 0.1) is 0 Å². The van der Waals surface area contributed by atoms with E-state index in [2.05, 4.69) is 4.90 Å². The molecular weight excluding hydrogens is 481 g/mol. The Morgan fingerprint density at radius 2 is 1.54 bits per heavy atom. The number of nitrogens with zero attached hydrogens (tertiary/aromatic N) is 2. The van der Waals surface area contributed by atoms with Gasteiger partial charge in [0.05, 0.1) is 17.6 Å². The van der Waals surface area contributed by atoms with Crippen LogP contribution in [0.25, 0.3) is 0 Å². The van der Waals surface area contributed by atoms with Crippen LogP contribution in [0.15, 0.2) is 72.8 Å². The first-order valence-corrected chi connectivity index (χ1v) is 12.5. The van der Waals surface area contributed by atoms with E-state index in [4.69, 9.17) is 28.9 Å². The van der Waals surface area contributed by atoms with Crippen LogP contribution in [0.4, 0.5) is 5.69 Å². The van der Waals surface area contributed by atoms with Crippen LogP contribution in [0.3, 0.4) is 0 Å². The summed E-state index contributed by atoms with van der Waals surface area (Å²) in [5.41, 5.74) is 8.32. The Kier molecular flexibility index (Phi) is 7.72. The maximum Gasteiger partial charge on any atom is 0.237 e. The zero-order valence-electron chi connectivity index (χ0n) is 20.0. The number of hydrogen-bond donors (Lipinski definition) is 2. The van der Waals surface area contributed by atoms with Crippen LogP contribution >= 0.6 is 23.2 Å². The molecule has 1 saturated heterocycles. The van der Waals surface area contributed by atoms with Crippen molar-refractivity contribution in [2.24, 2.45) is 0 Å². The molecule has 1 aliphatic rings. The third kappa shape index (κ3) is 5.49. The lowest BCUT2D eigenvalue weighted by Gasteiger charge is -2.39. The van der Waals surface area contributed by atoms with Crippen molar-refractivity contribution in [2.45, 2.75) is 30.9 Å². The highest BCUT2D eigenvalue weighted by Gasteiger charge is 2.41. The number of hydrogen-bond acceptors (Lipinski definition) is 4. The second-order valence-corrected chi connectivity index (χ2v) is 10.3. The number of likely N-dealkylation sites (N-methyl/N-ethyl adjacent to an activating group) is 1. The first-order chi connectivity index (χ1) is 16.7. The van der Waals surface area contributed by atoms with Crippen LogP contribution < -0.4 is 5.73 Å². The topological polar surface area (TPSA) is 69.8 Å². The van der Waals surface area contributed by atoms with E-state index >= 15 is 0 Å². The summed E-state index contributed by atoms with van der Waals surface area (Å²) in [7, 11) is 1.85. The summed E-state index contributed by atoms with van der Waals surface area (Å²) in [6.07, 6.45) is 0.399. The lowest BCUT2D eigenvalue weighted by atomic mass is 9.74. The largest absolute Gasteiger partial charge is 0.399 e. The molecule has 0 aromatic heterocycles. The molecule has 0 unspecified atom stereocenters. The molecule has 7 heteroatoms. The summed E-state index contributed by atoms with van der Waals surface area (Å²) in [6, 6.07) is 22.3. The smallest absolute Gasteiger partial charge is 0.237 e. The van der Waals surface area contributed by atoms with Gasteiger partial charge in [0.2, 0.25) is 5.91 Å². The van der Waals surface area contributed by atoms with E-state index < -0.39 is 5.41 Å². The molecule has 3 aromatic carbocycles. The number of halogens is 2. The number of β-amino-alcohol motifs (C(OH)–C–C–N with tert-alkyl or cyclic N) is 1. The second kappa shape index (κ2) is 10.6. The third-order valence-corrected chi connectivity index (χ3v) is 7.56. The van der Waals surface area contributed by atoms with Crippen molar-refractivity contribution < 1.29 is 9.90 Å². The fourth-order valence-electron chi connectivity index (χ4n) is 4.87. The van der Waals surface area contributed by atoms with Crippen molar-refractivity contribution in [1.29, 1.82) is 0 Å². The number of anilines is 1. The molecule has 0 aliphatic carbocycles. The van der Waals surface area contributed by atoms with Crippen LogP contribution in [0.5, 0.6) is 0 Å². The average molecular weight is 512 g/mol. The number of benzene rings is 3. The molecular formula is C28H31Cl2N3O2.